The molecule has 0 aliphatic carbocycles. The molecular weight excluding hydrogens is 180 g/mol. The Kier molecular flexibility index (Phi) is 3.21. The van der Waals surface area contributed by atoms with Crippen molar-refractivity contribution >= 4 is 5.69 Å². The maximum Gasteiger partial charge on any atom is 0.270 e. The van der Waals surface area contributed by atoms with E-state index in [9.17, 15) is 10.1 Å². The third-order valence-corrected chi connectivity index (χ3v) is 1.76. The fourth-order valence-electron chi connectivity index (χ4n) is 1.00. The van der Waals surface area contributed by atoms with E-state index in [0.29, 0.717) is 5.56 Å². The number of benzene rings is 1. The van der Waals surface area contributed by atoms with Crippen molar-refractivity contribution in [2.45, 2.75) is 6.92 Å². The third kappa shape index (κ3) is 2.31. The Morgan fingerprint density at radius 3 is 2.86 bits per heavy atom. The van der Waals surface area contributed by atoms with Crippen LogP contribution in [0.15, 0.2) is 18.2 Å². The molecule has 14 heavy (non-hydrogen) atoms. The number of nitro benzene ring substituents is 1. The Bertz CT molecular complexity index is 416. The van der Waals surface area contributed by atoms with Gasteiger partial charge in [0.25, 0.3) is 5.69 Å². The van der Waals surface area contributed by atoms with E-state index >= 15 is 0 Å². The van der Waals surface area contributed by atoms with Crippen LogP contribution in [0.4, 0.5) is 5.69 Å². The van der Waals surface area contributed by atoms with E-state index in [2.05, 4.69) is 11.8 Å². The molecule has 0 saturated heterocycles. The number of nitrogens with two attached hydrogens (primary N) is 1. The Balaban J connectivity index is 3.14. The molecule has 0 heterocycles. The number of aryl methyl sites for hydroxylation is 1. The molecule has 0 fully saturated rings. The highest BCUT2D eigenvalue weighted by atomic mass is 16.6. The van der Waals surface area contributed by atoms with E-state index in [1.165, 1.54) is 12.1 Å². The van der Waals surface area contributed by atoms with Gasteiger partial charge in [0.2, 0.25) is 0 Å². The summed E-state index contributed by atoms with van der Waals surface area (Å²) in [7, 11) is 0. The molecule has 0 saturated carbocycles. The normalized spacial score (nSPS) is 9.00. The van der Waals surface area contributed by atoms with Crippen molar-refractivity contribution in [3.8, 4) is 11.8 Å². The van der Waals surface area contributed by atoms with Crippen LogP contribution in [0.25, 0.3) is 0 Å². The molecule has 4 heteroatoms. The Morgan fingerprint density at radius 1 is 1.57 bits per heavy atom. The van der Waals surface area contributed by atoms with Gasteiger partial charge in [-0.2, -0.15) is 0 Å². The SMILES string of the molecule is Cc1ccc([N+](=O)[O-])cc1C#CCN. The smallest absolute Gasteiger partial charge is 0.270 e. The maximum absolute atomic E-state index is 10.5. The Hall–Kier alpha value is -1.86. The highest BCUT2D eigenvalue weighted by molar-refractivity contribution is 5.48. The summed E-state index contributed by atoms with van der Waals surface area (Å²) in [6, 6.07) is 4.60. The van der Waals surface area contributed by atoms with Crippen molar-refractivity contribution in [2.24, 2.45) is 5.73 Å². The van der Waals surface area contributed by atoms with Crippen LogP contribution in [0.1, 0.15) is 11.1 Å². The predicted octanol–water partition coefficient (Wildman–Crippen LogP) is 1.21. The lowest BCUT2D eigenvalue weighted by Gasteiger charge is -1.97. The number of hydrogen-bond donors (Lipinski definition) is 1. The average Bonchev–Trinajstić information content (AvgIpc) is 2.16. The molecule has 0 aliphatic heterocycles. The van der Waals surface area contributed by atoms with E-state index in [4.69, 9.17) is 5.73 Å². The first kappa shape index (κ1) is 10.2. The van der Waals surface area contributed by atoms with Crippen LogP contribution in [0.3, 0.4) is 0 Å². The van der Waals surface area contributed by atoms with Gasteiger partial charge in [-0.15, -0.1) is 0 Å². The van der Waals surface area contributed by atoms with Gasteiger partial charge < -0.3 is 5.73 Å². The molecule has 0 radical (unpaired) electrons. The predicted molar refractivity (Wildman–Crippen MR) is 53.8 cm³/mol. The van der Waals surface area contributed by atoms with Gasteiger partial charge in [-0.3, -0.25) is 10.1 Å². The quantitative estimate of drug-likeness (QED) is 0.411. The van der Waals surface area contributed by atoms with Crippen molar-refractivity contribution in [3.05, 3.63) is 39.4 Å². The lowest BCUT2D eigenvalue weighted by atomic mass is 10.1. The highest BCUT2D eigenvalue weighted by Crippen LogP contribution is 2.16. The van der Waals surface area contributed by atoms with Gasteiger partial charge in [-0.1, -0.05) is 17.9 Å². The standard InChI is InChI=1S/C10H10N2O2/c1-8-4-5-10(12(13)14)7-9(8)3-2-6-11/h4-5,7H,6,11H2,1H3. The van der Waals surface area contributed by atoms with Crippen LogP contribution >= 0.6 is 0 Å². The van der Waals surface area contributed by atoms with Gasteiger partial charge in [-0.05, 0) is 12.5 Å². The van der Waals surface area contributed by atoms with Crippen LogP contribution in [0.5, 0.6) is 0 Å². The Labute approximate surface area is 81.9 Å². The van der Waals surface area contributed by atoms with Crippen LogP contribution in [-0.2, 0) is 0 Å². The Morgan fingerprint density at radius 2 is 2.29 bits per heavy atom. The first-order valence-electron chi connectivity index (χ1n) is 4.09. The number of non-ortho nitro benzene ring substituents is 1. The molecule has 0 unspecified atom stereocenters. The van der Waals surface area contributed by atoms with E-state index in [1.54, 1.807) is 6.07 Å². The van der Waals surface area contributed by atoms with E-state index in [1.807, 2.05) is 6.92 Å². The summed E-state index contributed by atoms with van der Waals surface area (Å²) in [5.41, 5.74) is 6.84. The third-order valence-electron chi connectivity index (χ3n) is 1.76. The zero-order valence-corrected chi connectivity index (χ0v) is 7.78. The first-order chi connectivity index (χ1) is 6.65. The van der Waals surface area contributed by atoms with Gasteiger partial charge in [0.1, 0.15) is 0 Å². The molecule has 0 spiro atoms. The van der Waals surface area contributed by atoms with Gasteiger partial charge >= 0.3 is 0 Å². The van der Waals surface area contributed by atoms with Crippen molar-refractivity contribution < 1.29 is 4.92 Å². The molecule has 72 valence electrons. The molecular formula is C10H10N2O2. The van der Waals surface area contributed by atoms with Crippen molar-refractivity contribution in [1.82, 2.24) is 0 Å². The molecule has 1 aromatic rings. The van der Waals surface area contributed by atoms with Crippen molar-refractivity contribution in [2.75, 3.05) is 6.54 Å². The van der Waals surface area contributed by atoms with Gasteiger partial charge in [0, 0.05) is 17.7 Å². The van der Waals surface area contributed by atoms with Gasteiger partial charge in [0.05, 0.1) is 11.5 Å². The zero-order chi connectivity index (χ0) is 10.6. The topological polar surface area (TPSA) is 69.2 Å². The first-order valence-corrected chi connectivity index (χ1v) is 4.09. The minimum absolute atomic E-state index is 0.0527. The lowest BCUT2D eigenvalue weighted by molar-refractivity contribution is -0.384. The zero-order valence-electron chi connectivity index (χ0n) is 7.78. The average molecular weight is 190 g/mol. The van der Waals surface area contributed by atoms with Crippen molar-refractivity contribution in [3.63, 3.8) is 0 Å². The van der Waals surface area contributed by atoms with Crippen LogP contribution in [0, 0.1) is 28.9 Å². The number of hydrogen-bond acceptors (Lipinski definition) is 3. The summed E-state index contributed by atoms with van der Waals surface area (Å²) in [5, 5.41) is 10.5. The molecule has 0 atom stereocenters. The van der Waals surface area contributed by atoms with E-state index in [-0.39, 0.29) is 12.2 Å². The summed E-state index contributed by atoms with van der Waals surface area (Å²) in [6.45, 7) is 2.10. The minimum Gasteiger partial charge on any atom is -0.320 e. The van der Waals surface area contributed by atoms with Gasteiger partial charge in [0.15, 0.2) is 0 Å². The lowest BCUT2D eigenvalue weighted by Crippen LogP contribution is -1.94. The van der Waals surface area contributed by atoms with Crippen LogP contribution < -0.4 is 5.73 Å². The summed E-state index contributed by atoms with van der Waals surface area (Å²) >= 11 is 0. The molecule has 2 N–H and O–H groups in total. The fourth-order valence-corrected chi connectivity index (χ4v) is 1.00. The summed E-state index contributed by atoms with van der Waals surface area (Å²) in [5.74, 6) is 5.46. The molecule has 1 aromatic carbocycles. The summed E-state index contributed by atoms with van der Waals surface area (Å²) in [4.78, 5) is 10.0. The van der Waals surface area contributed by atoms with Gasteiger partial charge in [-0.25, -0.2) is 0 Å². The van der Waals surface area contributed by atoms with E-state index in [0.717, 1.165) is 5.56 Å². The maximum atomic E-state index is 10.5. The second-order valence-corrected chi connectivity index (χ2v) is 2.76. The molecule has 4 nitrogen and oxygen atoms in total. The molecule has 0 aromatic heterocycles. The number of rotatable bonds is 1. The molecule has 0 bridgehead atoms. The number of nitro groups is 1. The molecule has 0 amide bonds. The largest absolute Gasteiger partial charge is 0.320 e. The highest BCUT2D eigenvalue weighted by Gasteiger charge is 2.06. The minimum atomic E-state index is -0.437. The monoisotopic (exact) mass is 190 g/mol. The van der Waals surface area contributed by atoms with Crippen LogP contribution in [-0.4, -0.2) is 11.5 Å². The molecule has 1 rings (SSSR count). The summed E-state index contributed by atoms with van der Waals surface area (Å²) in [6.07, 6.45) is 0. The molecule has 0 aliphatic rings. The number of nitrogens with zero attached hydrogens (tertiary/aromatic N) is 1. The second kappa shape index (κ2) is 4.40. The van der Waals surface area contributed by atoms with Crippen molar-refractivity contribution in [1.29, 1.82) is 0 Å². The van der Waals surface area contributed by atoms with Crippen LogP contribution in [0.2, 0.25) is 0 Å². The summed E-state index contributed by atoms with van der Waals surface area (Å²) < 4.78 is 0. The second-order valence-electron chi connectivity index (χ2n) is 2.76. The fraction of sp³-hybridized carbons (Fsp3) is 0.200. The van der Waals surface area contributed by atoms with E-state index < -0.39 is 4.92 Å².